The standard InChI is InChI=1S/C11H12ClFN2OS2/c1-15(2)11(17)18-6-10(16)14-9-4-3-7(12)5-8(9)13/h3-5H,6H2,1-2H3,(H,14,16). The van der Waals surface area contributed by atoms with Gasteiger partial charge >= 0.3 is 0 Å². The van der Waals surface area contributed by atoms with Crippen molar-refractivity contribution in [3.05, 3.63) is 29.0 Å². The van der Waals surface area contributed by atoms with Crippen LogP contribution in [-0.2, 0) is 4.79 Å². The van der Waals surface area contributed by atoms with Crippen LogP contribution in [-0.4, -0.2) is 35.0 Å². The molecule has 1 rings (SSSR count). The van der Waals surface area contributed by atoms with Crippen molar-refractivity contribution in [2.24, 2.45) is 0 Å². The third-order valence-corrected chi connectivity index (χ3v) is 3.87. The van der Waals surface area contributed by atoms with Gasteiger partial charge in [0, 0.05) is 19.1 Å². The number of hydrogen-bond donors (Lipinski definition) is 1. The van der Waals surface area contributed by atoms with E-state index in [-0.39, 0.29) is 22.4 Å². The second-order valence-electron chi connectivity index (χ2n) is 3.62. The summed E-state index contributed by atoms with van der Waals surface area (Å²) in [5.41, 5.74) is 0.112. The average Bonchev–Trinajstić information content (AvgIpc) is 2.29. The van der Waals surface area contributed by atoms with E-state index in [0.29, 0.717) is 4.32 Å². The fourth-order valence-electron chi connectivity index (χ4n) is 1.03. The lowest BCUT2D eigenvalue weighted by atomic mass is 10.3. The van der Waals surface area contributed by atoms with Crippen molar-refractivity contribution in [3.63, 3.8) is 0 Å². The first-order valence-electron chi connectivity index (χ1n) is 4.99. The van der Waals surface area contributed by atoms with Gasteiger partial charge in [-0.2, -0.15) is 0 Å². The zero-order valence-corrected chi connectivity index (χ0v) is 12.3. The van der Waals surface area contributed by atoms with Crippen LogP contribution in [0.3, 0.4) is 0 Å². The van der Waals surface area contributed by atoms with E-state index in [9.17, 15) is 9.18 Å². The zero-order valence-electron chi connectivity index (χ0n) is 9.87. The number of thioether (sulfide) groups is 1. The summed E-state index contributed by atoms with van der Waals surface area (Å²) in [6, 6.07) is 4.08. The fraction of sp³-hybridized carbons (Fsp3) is 0.273. The monoisotopic (exact) mass is 306 g/mol. The maximum absolute atomic E-state index is 13.4. The van der Waals surface area contributed by atoms with Crippen LogP contribution in [0.1, 0.15) is 0 Å². The van der Waals surface area contributed by atoms with Crippen LogP contribution in [0.4, 0.5) is 10.1 Å². The summed E-state index contributed by atoms with van der Waals surface area (Å²) in [5.74, 6) is -0.736. The molecule has 0 aliphatic carbocycles. The minimum Gasteiger partial charge on any atom is -0.364 e. The molecule has 0 aliphatic rings. The minimum atomic E-state index is -0.559. The van der Waals surface area contributed by atoms with Crippen molar-refractivity contribution in [1.29, 1.82) is 0 Å². The SMILES string of the molecule is CN(C)C(=S)SCC(=O)Nc1ccc(Cl)cc1F. The maximum atomic E-state index is 13.4. The molecule has 0 saturated carbocycles. The Morgan fingerprint density at radius 2 is 2.22 bits per heavy atom. The number of benzene rings is 1. The number of carbonyl (C=O) groups is 1. The number of amides is 1. The first-order valence-corrected chi connectivity index (χ1v) is 6.76. The van der Waals surface area contributed by atoms with Gasteiger partial charge in [-0.1, -0.05) is 35.6 Å². The Labute approximate surface area is 120 Å². The van der Waals surface area contributed by atoms with E-state index in [1.165, 1.54) is 23.9 Å². The van der Waals surface area contributed by atoms with E-state index in [1.54, 1.807) is 19.0 Å². The van der Waals surface area contributed by atoms with Crippen LogP contribution in [0.2, 0.25) is 5.02 Å². The van der Waals surface area contributed by atoms with E-state index in [0.717, 1.165) is 6.07 Å². The number of rotatable bonds is 3. The molecule has 1 amide bonds. The minimum absolute atomic E-state index is 0.112. The van der Waals surface area contributed by atoms with Crippen LogP contribution >= 0.6 is 35.6 Å². The summed E-state index contributed by atoms with van der Waals surface area (Å²) in [6.07, 6.45) is 0. The second kappa shape index (κ2) is 6.92. The summed E-state index contributed by atoms with van der Waals surface area (Å²) in [6.45, 7) is 0. The van der Waals surface area contributed by atoms with Crippen molar-refractivity contribution in [2.45, 2.75) is 0 Å². The third-order valence-electron chi connectivity index (χ3n) is 1.90. The summed E-state index contributed by atoms with van der Waals surface area (Å²) in [5, 5.41) is 2.75. The van der Waals surface area contributed by atoms with E-state index in [4.69, 9.17) is 23.8 Å². The van der Waals surface area contributed by atoms with Gasteiger partial charge in [-0.25, -0.2) is 4.39 Å². The highest BCUT2D eigenvalue weighted by molar-refractivity contribution is 8.23. The number of hydrogen-bond acceptors (Lipinski definition) is 3. The Bertz CT molecular complexity index is 468. The van der Waals surface area contributed by atoms with Crippen molar-refractivity contribution in [2.75, 3.05) is 25.2 Å². The molecule has 1 aromatic rings. The highest BCUT2D eigenvalue weighted by atomic mass is 35.5. The number of carbonyl (C=O) groups excluding carboxylic acids is 1. The molecule has 0 bridgehead atoms. The molecule has 1 aromatic carbocycles. The Hall–Kier alpha value is -0.850. The number of nitrogens with zero attached hydrogens (tertiary/aromatic N) is 1. The molecule has 3 nitrogen and oxygen atoms in total. The zero-order chi connectivity index (χ0) is 13.7. The largest absolute Gasteiger partial charge is 0.364 e. The number of thiocarbonyl (C=S) groups is 1. The smallest absolute Gasteiger partial charge is 0.234 e. The Kier molecular flexibility index (Phi) is 5.84. The van der Waals surface area contributed by atoms with E-state index in [1.807, 2.05) is 0 Å². The molecule has 0 atom stereocenters. The van der Waals surface area contributed by atoms with Crippen LogP contribution in [0.5, 0.6) is 0 Å². The molecule has 7 heteroatoms. The predicted octanol–water partition coefficient (Wildman–Crippen LogP) is 3.00. The highest BCUT2D eigenvalue weighted by Crippen LogP contribution is 2.19. The maximum Gasteiger partial charge on any atom is 0.234 e. The molecule has 0 spiro atoms. The summed E-state index contributed by atoms with van der Waals surface area (Å²) in [7, 11) is 3.60. The number of halogens is 2. The number of nitrogens with one attached hydrogen (secondary N) is 1. The van der Waals surface area contributed by atoms with Gasteiger partial charge in [0.25, 0.3) is 0 Å². The molecule has 0 fully saturated rings. The first-order chi connectivity index (χ1) is 8.40. The van der Waals surface area contributed by atoms with Crippen molar-refractivity contribution >= 4 is 51.5 Å². The van der Waals surface area contributed by atoms with Gasteiger partial charge in [-0.15, -0.1) is 0 Å². The molecule has 0 radical (unpaired) electrons. The molecule has 0 aromatic heterocycles. The highest BCUT2D eigenvalue weighted by Gasteiger charge is 2.09. The Morgan fingerprint density at radius 3 is 2.78 bits per heavy atom. The predicted molar refractivity (Wildman–Crippen MR) is 78.8 cm³/mol. The molecule has 0 saturated heterocycles. The molecule has 18 heavy (non-hydrogen) atoms. The van der Waals surface area contributed by atoms with Gasteiger partial charge in [-0.3, -0.25) is 4.79 Å². The van der Waals surface area contributed by atoms with Crippen molar-refractivity contribution in [3.8, 4) is 0 Å². The van der Waals surface area contributed by atoms with Crippen LogP contribution in [0.15, 0.2) is 18.2 Å². The summed E-state index contributed by atoms with van der Waals surface area (Å²) < 4.78 is 14.0. The number of anilines is 1. The van der Waals surface area contributed by atoms with Gasteiger partial charge in [-0.05, 0) is 18.2 Å². The van der Waals surface area contributed by atoms with E-state index in [2.05, 4.69) is 5.32 Å². The fourth-order valence-corrected chi connectivity index (χ4v) is 1.95. The van der Waals surface area contributed by atoms with Gasteiger partial charge in [0.05, 0.1) is 11.4 Å². The lowest BCUT2D eigenvalue weighted by molar-refractivity contribution is -0.113. The van der Waals surface area contributed by atoms with Gasteiger partial charge < -0.3 is 10.2 Å². The molecule has 0 unspecified atom stereocenters. The van der Waals surface area contributed by atoms with Gasteiger partial charge in [0.2, 0.25) is 5.91 Å². The van der Waals surface area contributed by atoms with Crippen LogP contribution in [0.25, 0.3) is 0 Å². The Balaban J connectivity index is 2.52. The summed E-state index contributed by atoms with van der Waals surface area (Å²) >= 11 is 11.9. The Morgan fingerprint density at radius 1 is 1.56 bits per heavy atom. The first kappa shape index (κ1) is 15.2. The molecule has 98 valence electrons. The molecule has 0 heterocycles. The molecular weight excluding hydrogens is 295 g/mol. The van der Waals surface area contributed by atoms with E-state index < -0.39 is 5.82 Å². The van der Waals surface area contributed by atoms with Crippen molar-refractivity contribution in [1.82, 2.24) is 4.90 Å². The van der Waals surface area contributed by atoms with Gasteiger partial charge in [0.15, 0.2) is 0 Å². The van der Waals surface area contributed by atoms with Crippen LogP contribution < -0.4 is 5.32 Å². The average molecular weight is 307 g/mol. The van der Waals surface area contributed by atoms with Gasteiger partial charge in [0.1, 0.15) is 10.1 Å². The van der Waals surface area contributed by atoms with Crippen molar-refractivity contribution < 1.29 is 9.18 Å². The molecular formula is C11H12ClFN2OS2. The quantitative estimate of drug-likeness (QED) is 0.870. The third kappa shape index (κ3) is 4.80. The lowest BCUT2D eigenvalue weighted by Crippen LogP contribution is -2.21. The topological polar surface area (TPSA) is 32.3 Å². The normalized spacial score (nSPS) is 10.0. The molecule has 0 aliphatic heterocycles. The second-order valence-corrected chi connectivity index (χ2v) is 5.67. The van der Waals surface area contributed by atoms with E-state index >= 15 is 0 Å². The summed E-state index contributed by atoms with van der Waals surface area (Å²) in [4.78, 5) is 13.3. The lowest BCUT2D eigenvalue weighted by Gasteiger charge is -2.12. The molecule has 1 N–H and O–H groups in total. The van der Waals surface area contributed by atoms with Crippen LogP contribution in [0, 0.1) is 5.82 Å².